The van der Waals surface area contributed by atoms with Crippen LogP contribution in [0.15, 0.2) is 90.3 Å². The van der Waals surface area contributed by atoms with Gasteiger partial charge >= 0.3 is 12.1 Å². The molecule has 37 heavy (non-hydrogen) atoms. The Labute approximate surface area is 216 Å². The zero-order chi connectivity index (χ0) is 27.2. The first-order chi connectivity index (χ1) is 17.4. The summed E-state index contributed by atoms with van der Waals surface area (Å²) in [6, 6.07) is 15.9. The molecule has 194 valence electrons. The van der Waals surface area contributed by atoms with E-state index in [9.17, 15) is 31.2 Å². The summed E-state index contributed by atoms with van der Waals surface area (Å²) < 4.78 is 71.9. The van der Waals surface area contributed by atoms with Gasteiger partial charge in [-0.2, -0.15) is 13.2 Å². The molecule has 1 amide bonds. The number of benzene rings is 3. The van der Waals surface area contributed by atoms with Crippen LogP contribution in [0.1, 0.15) is 15.9 Å². The monoisotopic (exact) mass is 552 g/mol. The van der Waals surface area contributed by atoms with E-state index in [0.717, 1.165) is 28.6 Å². The highest BCUT2D eigenvalue weighted by atomic mass is 35.5. The number of carbonyl (C=O) groups is 2. The van der Waals surface area contributed by atoms with E-state index in [1.54, 1.807) is 30.3 Å². The van der Waals surface area contributed by atoms with Gasteiger partial charge in [0.25, 0.3) is 15.9 Å². The van der Waals surface area contributed by atoms with Crippen LogP contribution in [0, 0.1) is 0 Å². The lowest BCUT2D eigenvalue weighted by atomic mass is 10.1. The average Bonchev–Trinajstić information content (AvgIpc) is 2.86. The van der Waals surface area contributed by atoms with Crippen molar-refractivity contribution < 1.29 is 35.9 Å². The quantitative estimate of drug-likeness (QED) is 0.278. The van der Waals surface area contributed by atoms with E-state index in [1.807, 2.05) is 5.32 Å². The molecule has 0 atom stereocenters. The van der Waals surface area contributed by atoms with Gasteiger partial charge in [-0.25, -0.2) is 13.2 Å². The molecule has 3 aromatic rings. The Balaban J connectivity index is 1.79. The van der Waals surface area contributed by atoms with E-state index in [1.165, 1.54) is 24.3 Å². The Hall–Kier alpha value is -3.83. The summed E-state index contributed by atoms with van der Waals surface area (Å²) in [6.07, 6.45) is -3.32. The molecule has 0 heterocycles. The fourth-order valence-electron chi connectivity index (χ4n) is 3.24. The Morgan fingerprint density at radius 1 is 1.03 bits per heavy atom. The molecule has 0 aliphatic rings. The maximum atomic E-state index is 13.3. The standard InChI is InChI=1S/C25H20ClF3N2O5S/c1-2-14-31(17-8-4-3-5-9-17)37(34,35)18-12-13-21(26)19(15-18)24(33)36-16-23(32)30-22-11-7-6-10-20(22)25(27,28)29/h2-13,15H,1,14,16H2,(H,30,32). The molecule has 1 N–H and O–H groups in total. The Morgan fingerprint density at radius 2 is 1.68 bits per heavy atom. The maximum Gasteiger partial charge on any atom is 0.418 e. The largest absolute Gasteiger partial charge is 0.452 e. The lowest BCUT2D eigenvalue weighted by molar-refractivity contribution is -0.137. The normalized spacial score (nSPS) is 11.5. The van der Waals surface area contributed by atoms with Crippen molar-refractivity contribution in [3.63, 3.8) is 0 Å². The number of hydrogen-bond donors (Lipinski definition) is 1. The number of halogens is 4. The molecule has 0 fully saturated rings. The number of rotatable bonds is 9. The molecule has 0 aromatic heterocycles. The van der Waals surface area contributed by atoms with Gasteiger partial charge in [0.1, 0.15) is 0 Å². The maximum absolute atomic E-state index is 13.3. The highest BCUT2D eigenvalue weighted by Crippen LogP contribution is 2.34. The van der Waals surface area contributed by atoms with Crippen molar-refractivity contribution in [2.45, 2.75) is 11.1 Å². The third-order valence-electron chi connectivity index (χ3n) is 4.93. The van der Waals surface area contributed by atoms with Crippen molar-refractivity contribution in [1.82, 2.24) is 0 Å². The number of nitrogens with one attached hydrogen (secondary N) is 1. The second kappa shape index (κ2) is 11.5. The van der Waals surface area contributed by atoms with E-state index in [4.69, 9.17) is 16.3 Å². The number of ether oxygens (including phenoxy) is 1. The fourth-order valence-corrected chi connectivity index (χ4v) is 4.89. The number of para-hydroxylation sites is 2. The highest BCUT2D eigenvalue weighted by Gasteiger charge is 2.33. The van der Waals surface area contributed by atoms with Gasteiger partial charge in [-0.15, -0.1) is 6.58 Å². The topological polar surface area (TPSA) is 92.8 Å². The van der Waals surface area contributed by atoms with Gasteiger partial charge < -0.3 is 10.1 Å². The number of nitrogens with zero attached hydrogens (tertiary/aromatic N) is 1. The van der Waals surface area contributed by atoms with Gasteiger partial charge in [0.15, 0.2) is 6.61 Å². The van der Waals surface area contributed by atoms with Gasteiger partial charge in [-0.3, -0.25) is 9.10 Å². The SMILES string of the molecule is C=CCN(c1ccccc1)S(=O)(=O)c1ccc(Cl)c(C(=O)OCC(=O)Nc2ccccc2C(F)(F)F)c1. The van der Waals surface area contributed by atoms with E-state index >= 15 is 0 Å². The number of carbonyl (C=O) groups excluding carboxylic acids is 2. The molecule has 0 unspecified atom stereocenters. The van der Waals surface area contributed by atoms with Crippen LogP contribution in [0.25, 0.3) is 0 Å². The summed E-state index contributed by atoms with van der Waals surface area (Å²) in [5.41, 5.74) is -1.57. The minimum absolute atomic E-state index is 0.0612. The molecule has 0 bridgehead atoms. The van der Waals surface area contributed by atoms with Crippen molar-refractivity contribution >= 4 is 44.9 Å². The summed E-state index contributed by atoms with van der Waals surface area (Å²) in [6.45, 7) is 2.58. The van der Waals surface area contributed by atoms with Crippen LogP contribution >= 0.6 is 11.6 Å². The molecule has 12 heteroatoms. The van der Waals surface area contributed by atoms with Crippen LogP contribution in [0.3, 0.4) is 0 Å². The molecule has 3 rings (SSSR count). The predicted molar refractivity (Wildman–Crippen MR) is 133 cm³/mol. The third kappa shape index (κ3) is 6.69. The summed E-state index contributed by atoms with van der Waals surface area (Å²) in [4.78, 5) is 24.5. The smallest absolute Gasteiger partial charge is 0.418 e. The van der Waals surface area contributed by atoms with Gasteiger partial charge in [-0.1, -0.05) is 48.0 Å². The third-order valence-corrected chi connectivity index (χ3v) is 7.05. The second-order valence-corrected chi connectivity index (χ2v) is 9.74. The number of alkyl halides is 3. The molecule has 7 nitrogen and oxygen atoms in total. The highest BCUT2D eigenvalue weighted by molar-refractivity contribution is 7.92. The van der Waals surface area contributed by atoms with Crippen molar-refractivity contribution in [2.24, 2.45) is 0 Å². The first-order valence-corrected chi connectivity index (χ1v) is 12.4. The zero-order valence-electron chi connectivity index (χ0n) is 19.0. The molecular formula is C25H20ClF3N2O5S. The molecule has 0 spiro atoms. The van der Waals surface area contributed by atoms with Crippen molar-refractivity contribution in [2.75, 3.05) is 22.8 Å². The van der Waals surface area contributed by atoms with Crippen LogP contribution in [0.5, 0.6) is 0 Å². The minimum atomic E-state index is -4.71. The molecule has 0 saturated carbocycles. The lowest BCUT2D eigenvalue weighted by Crippen LogP contribution is -2.31. The van der Waals surface area contributed by atoms with Gasteiger partial charge in [0.2, 0.25) is 0 Å². The average molecular weight is 553 g/mol. The van der Waals surface area contributed by atoms with E-state index in [0.29, 0.717) is 5.69 Å². The van der Waals surface area contributed by atoms with Gasteiger partial charge in [0, 0.05) is 0 Å². The summed E-state index contributed by atoms with van der Waals surface area (Å²) in [5, 5.41) is 1.89. The lowest BCUT2D eigenvalue weighted by Gasteiger charge is -2.23. The molecular weight excluding hydrogens is 533 g/mol. The molecule has 3 aromatic carbocycles. The predicted octanol–water partition coefficient (Wildman–Crippen LogP) is 5.54. The van der Waals surface area contributed by atoms with Gasteiger partial charge in [-0.05, 0) is 42.5 Å². The molecule has 0 saturated heterocycles. The van der Waals surface area contributed by atoms with E-state index in [-0.39, 0.29) is 22.0 Å². The first-order valence-electron chi connectivity index (χ1n) is 10.6. The molecule has 0 aliphatic carbocycles. The molecule has 0 aliphatic heterocycles. The van der Waals surface area contributed by atoms with Crippen molar-refractivity contribution in [3.8, 4) is 0 Å². The Morgan fingerprint density at radius 3 is 2.32 bits per heavy atom. The second-order valence-electron chi connectivity index (χ2n) is 7.47. The van der Waals surface area contributed by atoms with E-state index in [2.05, 4.69) is 6.58 Å². The summed E-state index contributed by atoms with van der Waals surface area (Å²) in [5.74, 6) is -2.18. The van der Waals surface area contributed by atoms with E-state index < -0.39 is 45.9 Å². The number of anilines is 2. The number of sulfonamides is 1. The molecule has 0 radical (unpaired) electrons. The zero-order valence-corrected chi connectivity index (χ0v) is 20.6. The Kier molecular flexibility index (Phi) is 8.61. The number of esters is 1. The van der Waals surface area contributed by atoms with Crippen molar-refractivity contribution in [1.29, 1.82) is 0 Å². The van der Waals surface area contributed by atoms with Gasteiger partial charge in [0.05, 0.1) is 39.0 Å². The van der Waals surface area contributed by atoms with Crippen molar-refractivity contribution in [3.05, 3.63) is 102 Å². The first kappa shape index (κ1) is 27.8. The Bertz CT molecular complexity index is 1410. The summed E-state index contributed by atoms with van der Waals surface area (Å²) in [7, 11) is -4.17. The van der Waals surface area contributed by atoms with Crippen LogP contribution in [0.4, 0.5) is 24.5 Å². The van der Waals surface area contributed by atoms with Crippen LogP contribution in [0.2, 0.25) is 5.02 Å². The van der Waals surface area contributed by atoms with Crippen LogP contribution < -0.4 is 9.62 Å². The number of hydrogen-bond acceptors (Lipinski definition) is 5. The van der Waals surface area contributed by atoms with Crippen LogP contribution in [-0.2, 0) is 25.7 Å². The number of amides is 1. The van der Waals surface area contributed by atoms with Crippen LogP contribution in [-0.4, -0.2) is 33.4 Å². The summed E-state index contributed by atoms with van der Waals surface area (Å²) >= 11 is 6.06. The fraction of sp³-hybridized carbons (Fsp3) is 0.120. The minimum Gasteiger partial charge on any atom is -0.452 e.